The predicted octanol–water partition coefficient (Wildman–Crippen LogP) is 2.99. The maximum absolute atomic E-state index is 10.1. The number of benzene rings is 2. The lowest BCUT2D eigenvalue weighted by molar-refractivity contribution is -0.140. The molecule has 0 saturated carbocycles. The van der Waals surface area contributed by atoms with E-state index in [1.807, 2.05) is 30.3 Å². The van der Waals surface area contributed by atoms with Gasteiger partial charge in [-0.3, -0.25) is 9.59 Å². The summed E-state index contributed by atoms with van der Waals surface area (Å²) in [5.41, 5.74) is 9.67. The molecule has 4 rings (SSSR count). The van der Waals surface area contributed by atoms with Crippen molar-refractivity contribution in [2.75, 3.05) is 19.0 Å². The smallest absolute Gasteiger partial charge is 0.325 e. The second kappa shape index (κ2) is 10.9. The van der Waals surface area contributed by atoms with Crippen molar-refractivity contribution in [1.29, 1.82) is 0 Å². The van der Waals surface area contributed by atoms with Crippen molar-refractivity contribution in [3.8, 4) is 0 Å². The van der Waals surface area contributed by atoms with Gasteiger partial charge in [0.05, 0.1) is 12.6 Å². The summed E-state index contributed by atoms with van der Waals surface area (Å²) in [6, 6.07) is 16.2. The van der Waals surface area contributed by atoms with E-state index in [4.69, 9.17) is 16.6 Å². The van der Waals surface area contributed by atoms with Crippen LogP contribution < -0.4 is 22.2 Å². The third-order valence-electron chi connectivity index (χ3n) is 4.67. The van der Waals surface area contributed by atoms with Crippen LogP contribution in [-0.2, 0) is 14.3 Å². The third-order valence-corrected chi connectivity index (χ3v) is 5.62. The molecule has 170 valence electrons. The van der Waals surface area contributed by atoms with Gasteiger partial charge in [0.2, 0.25) is 6.41 Å². The van der Waals surface area contributed by atoms with Crippen LogP contribution >= 0.6 is 11.3 Å². The molecule has 4 aromatic rings. The van der Waals surface area contributed by atoms with E-state index < -0.39 is 5.97 Å². The molecular formula is C23H24N6O3S. The van der Waals surface area contributed by atoms with Gasteiger partial charge in [-0.1, -0.05) is 24.3 Å². The quantitative estimate of drug-likeness (QED) is 0.0857. The van der Waals surface area contributed by atoms with Gasteiger partial charge in [-0.15, -0.1) is 11.3 Å². The molecule has 33 heavy (non-hydrogen) atoms. The number of aryl methyl sites for hydroxylation is 1. The normalized spacial score (nSPS) is 10.9. The number of amides is 1. The number of amidine groups is 1. The van der Waals surface area contributed by atoms with Gasteiger partial charge < -0.3 is 26.9 Å². The zero-order chi connectivity index (χ0) is 23.8. The molecule has 9 nitrogen and oxygen atoms in total. The van der Waals surface area contributed by atoms with Crippen LogP contribution in [0.2, 0.25) is 0 Å². The summed E-state index contributed by atoms with van der Waals surface area (Å²) in [7, 11) is 1.26. The first kappa shape index (κ1) is 23.5. The first-order chi connectivity index (χ1) is 16.0. The minimum Gasteiger partial charge on any atom is -0.468 e. The molecule has 0 saturated heterocycles. The molecule has 2 aromatic heterocycles. The van der Waals surface area contributed by atoms with Crippen molar-refractivity contribution >= 4 is 62.0 Å². The Hall–Kier alpha value is -4.18. The molecule has 0 radical (unpaired) electrons. The van der Waals surface area contributed by atoms with E-state index in [-0.39, 0.29) is 6.54 Å². The summed E-state index contributed by atoms with van der Waals surface area (Å²) in [5, 5.41) is 13.4. The molecule has 0 spiro atoms. The highest BCUT2D eigenvalue weighted by Crippen LogP contribution is 2.35. The van der Waals surface area contributed by atoms with Crippen LogP contribution in [0.1, 0.15) is 11.1 Å². The van der Waals surface area contributed by atoms with Crippen LogP contribution in [0.15, 0.2) is 59.0 Å². The predicted molar refractivity (Wildman–Crippen MR) is 133 cm³/mol. The molecule has 0 atom stereocenters. The second-order valence-corrected chi connectivity index (χ2v) is 7.86. The molecule has 6 N–H and O–H groups in total. The summed E-state index contributed by atoms with van der Waals surface area (Å²) < 4.78 is 5.38. The van der Waals surface area contributed by atoms with Crippen molar-refractivity contribution < 1.29 is 14.3 Å². The Morgan fingerprint density at radius 2 is 2.03 bits per heavy atom. The lowest BCUT2D eigenvalue weighted by atomic mass is 10.1. The molecule has 2 heterocycles. The monoisotopic (exact) mass is 464 g/mol. The number of carbonyl (C=O) groups excluding carboxylic acids is 2. The van der Waals surface area contributed by atoms with Crippen molar-refractivity contribution in [2.45, 2.75) is 6.92 Å². The van der Waals surface area contributed by atoms with E-state index in [2.05, 4.69) is 51.0 Å². The van der Waals surface area contributed by atoms with Crippen LogP contribution in [-0.4, -0.2) is 36.9 Å². The molecule has 0 aliphatic heterocycles. The van der Waals surface area contributed by atoms with E-state index in [1.165, 1.54) is 17.4 Å². The standard InChI is InChI=1S/C19H17N5S.C4H7NO3/c1-11-3-2-4-13(9-11)22-19-15-7-8-25-17(15)14-6-5-12(18(20)24-21)10-16(14)23-19;1-8-4(7)2-5-3-6/h2-10H,21H2,1H3,(H2,20,24)(H,22,23);3H,2H2,1H3,(H,5,6). The fourth-order valence-electron chi connectivity index (χ4n) is 3.09. The maximum atomic E-state index is 10.1. The van der Waals surface area contributed by atoms with Crippen LogP contribution in [0.3, 0.4) is 0 Å². The van der Waals surface area contributed by atoms with E-state index in [0.29, 0.717) is 12.2 Å². The maximum Gasteiger partial charge on any atom is 0.325 e. The van der Waals surface area contributed by atoms with Crippen LogP contribution in [0.25, 0.3) is 21.0 Å². The number of nitrogens with one attached hydrogen (secondary N) is 2. The number of methoxy groups -OCH3 is 1. The number of hydrogen-bond donors (Lipinski definition) is 4. The van der Waals surface area contributed by atoms with Gasteiger partial charge in [0.25, 0.3) is 0 Å². The van der Waals surface area contributed by atoms with E-state index in [1.54, 1.807) is 11.3 Å². The number of rotatable bonds is 6. The highest BCUT2D eigenvalue weighted by molar-refractivity contribution is 7.18. The van der Waals surface area contributed by atoms with Crippen molar-refractivity contribution in [2.24, 2.45) is 16.7 Å². The van der Waals surface area contributed by atoms with Gasteiger partial charge in [0.1, 0.15) is 18.2 Å². The molecule has 2 aromatic carbocycles. The van der Waals surface area contributed by atoms with Gasteiger partial charge in [-0.2, -0.15) is 5.10 Å². The van der Waals surface area contributed by atoms with Crippen LogP contribution in [0.4, 0.5) is 11.5 Å². The number of nitrogens with zero attached hydrogens (tertiary/aromatic N) is 2. The zero-order valence-corrected chi connectivity index (χ0v) is 19.0. The molecule has 10 heteroatoms. The number of aromatic nitrogens is 1. The lowest BCUT2D eigenvalue weighted by Crippen LogP contribution is -2.21. The minimum atomic E-state index is -0.447. The largest absolute Gasteiger partial charge is 0.468 e. The molecule has 0 unspecified atom stereocenters. The first-order valence-corrected chi connectivity index (χ1v) is 10.8. The molecule has 0 fully saturated rings. The highest BCUT2D eigenvalue weighted by atomic mass is 32.1. The highest BCUT2D eigenvalue weighted by Gasteiger charge is 2.11. The average molecular weight is 465 g/mol. The first-order valence-electron chi connectivity index (χ1n) is 9.89. The Bertz CT molecular complexity index is 1320. The second-order valence-electron chi connectivity index (χ2n) is 6.94. The van der Waals surface area contributed by atoms with Crippen LogP contribution in [0.5, 0.6) is 0 Å². The summed E-state index contributed by atoms with van der Waals surface area (Å²) in [5.74, 6) is 5.98. The lowest BCUT2D eigenvalue weighted by Gasteiger charge is -2.10. The van der Waals surface area contributed by atoms with Crippen LogP contribution in [0, 0.1) is 6.92 Å². The Morgan fingerprint density at radius 1 is 1.21 bits per heavy atom. The van der Waals surface area contributed by atoms with Gasteiger partial charge in [0.15, 0.2) is 0 Å². The fourth-order valence-corrected chi connectivity index (χ4v) is 4.02. The molecule has 0 bridgehead atoms. The number of thiophene rings is 1. The molecule has 0 aliphatic carbocycles. The van der Waals surface area contributed by atoms with Crippen molar-refractivity contribution in [3.05, 3.63) is 65.0 Å². The van der Waals surface area contributed by atoms with Crippen molar-refractivity contribution in [3.63, 3.8) is 0 Å². The summed E-state index contributed by atoms with van der Waals surface area (Å²) >= 11 is 1.70. The van der Waals surface area contributed by atoms with E-state index in [0.717, 1.165) is 33.4 Å². The number of esters is 1. The molecule has 1 amide bonds. The molecule has 0 aliphatic rings. The van der Waals surface area contributed by atoms with Gasteiger partial charge in [-0.25, -0.2) is 4.98 Å². The van der Waals surface area contributed by atoms with E-state index >= 15 is 0 Å². The number of ether oxygens (including phenoxy) is 1. The average Bonchev–Trinajstić information content (AvgIpc) is 3.33. The molecular weight excluding hydrogens is 440 g/mol. The Kier molecular flexibility index (Phi) is 7.77. The van der Waals surface area contributed by atoms with E-state index in [9.17, 15) is 9.59 Å². The third kappa shape index (κ3) is 5.74. The van der Waals surface area contributed by atoms with Gasteiger partial charge in [0, 0.05) is 26.7 Å². The summed E-state index contributed by atoms with van der Waals surface area (Å²) in [6.45, 7) is 2.01. The SMILES string of the molecule is COC(=O)CNC=O.Cc1cccc(Nc2nc3cc(/C(N)=N/N)ccc3c3sccc23)c1. The Labute approximate surface area is 194 Å². The number of hydrogen-bond acceptors (Lipinski definition) is 8. The summed E-state index contributed by atoms with van der Waals surface area (Å²) in [6.07, 6.45) is 0.441. The minimum absolute atomic E-state index is 0.0556. The van der Waals surface area contributed by atoms with Crippen molar-refractivity contribution in [1.82, 2.24) is 10.3 Å². The summed E-state index contributed by atoms with van der Waals surface area (Å²) in [4.78, 5) is 24.5. The number of pyridine rings is 1. The zero-order valence-electron chi connectivity index (χ0n) is 18.2. The van der Waals surface area contributed by atoms with Gasteiger partial charge >= 0.3 is 5.97 Å². The number of carbonyl (C=O) groups is 2. The Morgan fingerprint density at radius 3 is 2.73 bits per heavy atom. The fraction of sp³-hybridized carbons (Fsp3) is 0.130. The number of fused-ring (bicyclic) bond motifs is 3. The Balaban J connectivity index is 0.000000331. The number of nitrogens with two attached hydrogens (primary N) is 2. The topological polar surface area (TPSA) is 145 Å². The van der Waals surface area contributed by atoms with Gasteiger partial charge in [-0.05, 0) is 42.1 Å². The number of anilines is 2. The number of hydrazone groups is 1.